The topological polar surface area (TPSA) is 76.5 Å². The molecule has 0 unspecified atom stereocenters. The van der Waals surface area contributed by atoms with Gasteiger partial charge in [0.25, 0.3) is 0 Å². The summed E-state index contributed by atoms with van der Waals surface area (Å²) in [5.74, 6) is -0.241. The first-order valence-electron chi connectivity index (χ1n) is 5.87. The van der Waals surface area contributed by atoms with Crippen LogP contribution in [0.3, 0.4) is 0 Å². The van der Waals surface area contributed by atoms with Crippen molar-refractivity contribution in [3.63, 3.8) is 0 Å². The lowest BCUT2D eigenvalue weighted by Crippen LogP contribution is -2.28. The van der Waals surface area contributed by atoms with Crippen LogP contribution in [0.15, 0.2) is 39.8 Å². The minimum Gasteiger partial charge on any atom is -0.469 e. The molecule has 2 N–H and O–H groups in total. The fourth-order valence-corrected chi connectivity index (χ4v) is 3.15. The molecule has 108 valence electrons. The van der Waals surface area contributed by atoms with Crippen molar-refractivity contribution in [2.75, 3.05) is 12.8 Å². The number of anilines is 1. The maximum absolute atomic E-state index is 13.8. The van der Waals surface area contributed by atoms with Gasteiger partial charge in [-0.2, -0.15) is 4.31 Å². The van der Waals surface area contributed by atoms with Crippen molar-refractivity contribution in [1.82, 2.24) is 4.31 Å². The van der Waals surface area contributed by atoms with E-state index in [0.717, 1.165) is 10.4 Å². The van der Waals surface area contributed by atoms with Crippen molar-refractivity contribution >= 4 is 15.7 Å². The van der Waals surface area contributed by atoms with Gasteiger partial charge in [0.15, 0.2) is 0 Å². The van der Waals surface area contributed by atoms with Gasteiger partial charge in [-0.15, -0.1) is 0 Å². The summed E-state index contributed by atoms with van der Waals surface area (Å²) in [4.78, 5) is -0.497. The van der Waals surface area contributed by atoms with Crippen LogP contribution in [0.1, 0.15) is 11.3 Å². The second-order valence-corrected chi connectivity index (χ2v) is 6.40. The van der Waals surface area contributed by atoms with Crippen molar-refractivity contribution < 1.29 is 17.2 Å². The fourth-order valence-electron chi connectivity index (χ4n) is 1.85. The van der Waals surface area contributed by atoms with Crippen molar-refractivity contribution in [2.24, 2.45) is 0 Å². The summed E-state index contributed by atoms with van der Waals surface area (Å²) < 4.78 is 44.7. The largest absolute Gasteiger partial charge is 0.469 e. The lowest BCUT2D eigenvalue weighted by atomic mass is 10.3. The van der Waals surface area contributed by atoms with Crippen LogP contribution < -0.4 is 5.73 Å². The Labute approximate surface area is 116 Å². The summed E-state index contributed by atoms with van der Waals surface area (Å²) >= 11 is 0. The highest BCUT2D eigenvalue weighted by molar-refractivity contribution is 7.89. The smallest absolute Gasteiger partial charge is 0.248 e. The molecule has 0 atom stereocenters. The first kappa shape index (κ1) is 14.5. The third-order valence-corrected chi connectivity index (χ3v) is 4.92. The van der Waals surface area contributed by atoms with E-state index in [-0.39, 0.29) is 12.2 Å². The van der Waals surface area contributed by atoms with Gasteiger partial charge in [-0.3, -0.25) is 0 Å². The van der Waals surface area contributed by atoms with Crippen molar-refractivity contribution in [3.8, 4) is 0 Å². The van der Waals surface area contributed by atoms with Crippen LogP contribution in [-0.2, 0) is 16.6 Å². The predicted molar refractivity (Wildman–Crippen MR) is 72.9 cm³/mol. The molecule has 2 rings (SSSR count). The highest BCUT2D eigenvalue weighted by Crippen LogP contribution is 2.26. The average molecular weight is 298 g/mol. The zero-order valence-corrected chi connectivity index (χ0v) is 11.9. The number of nitrogen functional groups attached to an aromatic ring is 1. The number of hydrogen-bond donors (Lipinski definition) is 1. The first-order chi connectivity index (χ1) is 9.34. The number of rotatable bonds is 4. The number of nitrogens with zero attached hydrogens (tertiary/aromatic N) is 1. The monoisotopic (exact) mass is 298 g/mol. The first-order valence-corrected chi connectivity index (χ1v) is 7.31. The molecule has 1 aromatic heterocycles. The van der Waals surface area contributed by atoms with Crippen LogP contribution in [0.2, 0.25) is 0 Å². The Morgan fingerprint density at radius 3 is 2.60 bits per heavy atom. The van der Waals surface area contributed by atoms with E-state index < -0.39 is 20.7 Å². The molecule has 0 fully saturated rings. The number of aryl methyl sites for hydroxylation is 1. The van der Waals surface area contributed by atoms with E-state index in [1.807, 2.05) is 0 Å². The Balaban J connectivity index is 2.38. The van der Waals surface area contributed by atoms with Gasteiger partial charge >= 0.3 is 0 Å². The van der Waals surface area contributed by atoms with E-state index in [1.165, 1.54) is 25.4 Å². The highest BCUT2D eigenvalue weighted by Gasteiger charge is 2.27. The minimum atomic E-state index is -4.00. The number of benzene rings is 1. The van der Waals surface area contributed by atoms with Crippen LogP contribution in [0.5, 0.6) is 0 Å². The Morgan fingerprint density at radius 1 is 1.35 bits per heavy atom. The van der Waals surface area contributed by atoms with Gasteiger partial charge in [0, 0.05) is 19.2 Å². The van der Waals surface area contributed by atoms with Gasteiger partial charge in [-0.1, -0.05) is 6.07 Å². The molecule has 5 nitrogen and oxygen atoms in total. The molecular weight excluding hydrogens is 283 g/mol. The van der Waals surface area contributed by atoms with Gasteiger partial charge in [-0.05, 0) is 25.1 Å². The molecule has 20 heavy (non-hydrogen) atoms. The molecular formula is C13H15FN2O3S. The molecule has 0 bridgehead atoms. The molecule has 0 aliphatic heterocycles. The fraction of sp³-hybridized carbons (Fsp3) is 0.231. The van der Waals surface area contributed by atoms with E-state index in [0.29, 0.717) is 11.3 Å². The van der Waals surface area contributed by atoms with Crippen LogP contribution in [0.4, 0.5) is 10.1 Å². The minimum absolute atomic E-state index is 0.0818. The maximum Gasteiger partial charge on any atom is 0.248 e. The normalized spacial score (nSPS) is 12.0. The third kappa shape index (κ3) is 2.54. The molecule has 0 spiro atoms. The summed E-state index contributed by atoms with van der Waals surface area (Å²) in [7, 11) is -2.63. The number of hydrogen-bond acceptors (Lipinski definition) is 4. The van der Waals surface area contributed by atoms with Gasteiger partial charge in [0.05, 0.1) is 12.0 Å². The van der Waals surface area contributed by atoms with E-state index in [9.17, 15) is 12.8 Å². The maximum atomic E-state index is 13.8. The lowest BCUT2D eigenvalue weighted by Gasteiger charge is -2.18. The van der Waals surface area contributed by atoms with Gasteiger partial charge < -0.3 is 10.2 Å². The highest BCUT2D eigenvalue weighted by atomic mass is 32.2. The number of halogens is 1. The quantitative estimate of drug-likeness (QED) is 0.877. The molecule has 7 heteroatoms. The molecule has 1 aromatic carbocycles. The van der Waals surface area contributed by atoms with Crippen LogP contribution >= 0.6 is 0 Å². The summed E-state index contributed by atoms with van der Waals surface area (Å²) in [6.45, 7) is 1.81. The SMILES string of the molecule is Cc1occc1CN(C)S(=O)(=O)c1c(N)cccc1F. The molecule has 0 aliphatic carbocycles. The zero-order chi connectivity index (χ0) is 14.9. The van der Waals surface area contributed by atoms with Gasteiger partial charge in [0.2, 0.25) is 10.0 Å². The molecule has 2 aromatic rings. The van der Waals surface area contributed by atoms with Gasteiger partial charge in [-0.25, -0.2) is 12.8 Å². The standard InChI is InChI=1S/C13H15FN2O3S/c1-9-10(6-7-19-9)8-16(2)20(17,18)13-11(14)4-3-5-12(13)15/h3-7H,8,15H2,1-2H3. The van der Waals surface area contributed by atoms with Crippen LogP contribution in [0.25, 0.3) is 0 Å². The van der Waals surface area contributed by atoms with Crippen molar-refractivity contribution in [3.05, 3.63) is 47.7 Å². The number of sulfonamides is 1. The molecule has 0 amide bonds. The number of furan rings is 1. The summed E-state index contributed by atoms with van der Waals surface area (Å²) in [6.07, 6.45) is 1.47. The van der Waals surface area contributed by atoms with Crippen molar-refractivity contribution in [2.45, 2.75) is 18.4 Å². The summed E-state index contributed by atoms with van der Waals surface area (Å²) in [5, 5.41) is 0. The van der Waals surface area contributed by atoms with E-state index in [2.05, 4.69) is 0 Å². The zero-order valence-electron chi connectivity index (χ0n) is 11.1. The lowest BCUT2D eigenvalue weighted by molar-refractivity contribution is 0.454. The Kier molecular flexibility index (Phi) is 3.82. The van der Waals surface area contributed by atoms with E-state index in [1.54, 1.807) is 13.0 Å². The van der Waals surface area contributed by atoms with Crippen LogP contribution in [-0.4, -0.2) is 19.8 Å². The predicted octanol–water partition coefficient (Wildman–Crippen LogP) is 2.13. The Morgan fingerprint density at radius 2 is 2.05 bits per heavy atom. The third-order valence-electron chi connectivity index (χ3n) is 3.02. The average Bonchev–Trinajstić information content (AvgIpc) is 2.74. The second kappa shape index (κ2) is 5.26. The summed E-state index contributed by atoms with van der Waals surface area (Å²) in [6, 6.07) is 5.46. The molecule has 0 aliphatic rings. The molecule has 1 heterocycles. The molecule has 0 saturated carbocycles. The Hall–Kier alpha value is -1.86. The van der Waals surface area contributed by atoms with Crippen molar-refractivity contribution in [1.29, 1.82) is 0 Å². The molecule has 0 saturated heterocycles. The Bertz CT molecular complexity index is 705. The van der Waals surface area contributed by atoms with Crippen LogP contribution in [0, 0.1) is 12.7 Å². The number of nitrogens with two attached hydrogens (primary N) is 1. The van der Waals surface area contributed by atoms with Gasteiger partial charge in [0.1, 0.15) is 16.5 Å². The second-order valence-electron chi connectivity index (χ2n) is 4.42. The summed E-state index contributed by atoms with van der Waals surface area (Å²) in [5.41, 5.74) is 6.19. The van der Waals surface area contributed by atoms with E-state index >= 15 is 0 Å². The van der Waals surface area contributed by atoms with E-state index in [4.69, 9.17) is 10.2 Å². The molecule has 0 radical (unpaired) electrons.